The molecule has 7 rings (SSSR count). The van der Waals surface area contributed by atoms with E-state index in [1.165, 1.54) is 6.38 Å². The summed E-state index contributed by atoms with van der Waals surface area (Å²) in [5, 5.41) is 0. The first-order valence-electron chi connectivity index (χ1n) is 15.5. The van der Waals surface area contributed by atoms with E-state index in [9.17, 15) is 9.59 Å². The Morgan fingerprint density at radius 1 is 0.453 bits per heavy atom. The second kappa shape index (κ2) is 21.5. The van der Waals surface area contributed by atoms with Crippen molar-refractivity contribution < 1.29 is 9.59 Å². The van der Waals surface area contributed by atoms with Crippen LogP contribution >= 0.6 is 75.3 Å². The lowest BCUT2D eigenvalue weighted by atomic mass is 10.0. The molecule has 53 heavy (non-hydrogen) atoms. The fourth-order valence-corrected chi connectivity index (χ4v) is 5.65. The van der Waals surface area contributed by atoms with E-state index in [-0.39, 0.29) is 8.41 Å². The van der Waals surface area contributed by atoms with E-state index in [0.717, 1.165) is 51.4 Å². The third-order valence-electron chi connectivity index (χ3n) is 7.22. The Bertz CT molecular complexity index is 2100. The molecule has 0 fully saturated rings. The Morgan fingerprint density at radius 3 is 1.00 bits per heavy atom. The Labute approximate surface area is 349 Å². The van der Waals surface area contributed by atoms with Crippen molar-refractivity contribution in [2.45, 2.75) is 0 Å². The number of ketones is 2. The van der Waals surface area contributed by atoms with Gasteiger partial charge in [0.2, 0.25) is 11.6 Å². The van der Waals surface area contributed by atoms with Crippen LogP contribution in [0.2, 0.25) is 0 Å². The van der Waals surface area contributed by atoms with Gasteiger partial charge in [0.25, 0.3) is 0 Å². The van der Waals surface area contributed by atoms with Crippen molar-refractivity contribution in [3.8, 4) is 22.5 Å². The molecule has 1 heterocycles. The molecule has 0 aliphatic heterocycles. The van der Waals surface area contributed by atoms with E-state index >= 15 is 0 Å². The van der Waals surface area contributed by atoms with Gasteiger partial charge in [-0.25, -0.2) is 9.97 Å². The summed E-state index contributed by atoms with van der Waals surface area (Å²) in [6, 6.07) is 45.0. The van der Waals surface area contributed by atoms with E-state index in [0.29, 0.717) is 22.5 Å². The summed E-state index contributed by atoms with van der Waals surface area (Å²) in [6.07, 6.45) is 1.47. The molecule has 0 bridgehead atoms. The topological polar surface area (TPSA) is 112 Å². The predicted molar refractivity (Wildman–Crippen MR) is 241 cm³/mol. The third kappa shape index (κ3) is 12.5. The fraction of sp³-hybridized carbons (Fsp3) is 0.0244. The largest absolute Gasteiger partial charge is 0.397 e. The highest BCUT2D eigenvalue weighted by Crippen LogP contribution is 2.32. The van der Waals surface area contributed by atoms with Gasteiger partial charge in [-0.2, -0.15) is 0 Å². The van der Waals surface area contributed by atoms with Crippen LogP contribution in [0.15, 0.2) is 163 Å². The number of nitrogens with two attached hydrogens (primary N) is 2. The van der Waals surface area contributed by atoms with Crippen LogP contribution in [0.3, 0.4) is 0 Å². The lowest BCUT2D eigenvalue weighted by molar-refractivity contribution is 0.0817. The van der Waals surface area contributed by atoms with Gasteiger partial charge in [0.1, 0.15) is 0 Å². The van der Waals surface area contributed by atoms with Gasteiger partial charge in [0, 0.05) is 46.5 Å². The first kappa shape index (κ1) is 43.3. The second-order valence-electron chi connectivity index (χ2n) is 10.7. The molecule has 0 aliphatic rings. The predicted octanol–water partition coefficient (Wildman–Crippen LogP) is 11.0. The number of rotatable bonds is 5. The van der Waals surface area contributed by atoms with Crippen LogP contribution in [0.1, 0.15) is 20.7 Å². The van der Waals surface area contributed by atoms with Crippen molar-refractivity contribution in [3.05, 3.63) is 175 Å². The monoisotopic (exact) mass is 977 g/mol. The fourth-order valence-electron chi connectivity index (χ4n) is 4.59. The molecule has 0 spiro atoms. The van der Waals surface area contributed by atoms with Crippen molar-refractivity contribution in [1.82, 2.24) is 9.97 Å². The zero-order valence-electron chi connectivity index (χ0n) is 27.6. The molecule has 7 aromatic rings. The van der Waals surface area contributed by atoms with Crippen LogP contribution in [0, 0.1) is 0 Å². The average molecular weight is 982 g/mol. The van der Waals surface area contributed by atoms with Crippen LogP contribution < -0.4 is 11.5 Å². The molecule has 4 N–H and O–H groups in total. The van der Waals surface area contributed by atoms with E-state index in [4.69, 9.17) is 21.4 Å². The summed E-state index contributed by atoms with van der Waals surface area (Å²) in [5.41, 5.74) is 18.6. The minimum atomic E-state index is -0.496. The highest BCUT2D eigenvalue weighted by Gasteiger charge is 2.18. The molecule has 6 aromatic carbocycles. The standard InChI is InChI=1S/C20H12Br2N2.C14H8Br2O2.C6H8N2.CH3Cl.BH4/c21-15-9-5-13(6-10-15)19-20(14-7-11-16(22)12-8-14)24-18-4-2-1-3-17(18)23-19;15-11-5-1-9(2-6-11)13(17)14(18)10-3-7-12(16)8-4-10;7-5-3-1-2-4-6(5)8;1-2;/h1-12H;1-8H;1-4H,7-8H2;1H3;1H4/q;;;;-1. The summed E-state index contributed by atoms with van der Waals surface area (Å²) < 4.78 is 3.83. The number of hydrogen-bond donors (Lipinski definition) is 2. The molecule has 0 atom stereocenters. The number of aromatic nitrogens is 2. The Hall–Kier alpha value is -4.13. The number of fused-ring (bicyclic) bond motifs is 1. The molecule has 6 nitrogen and oxygen atoms in total. The smallest absolute Gasteiger partial charge is 0.233 e. The number of halogens is 5. The minimum absolute atomic E-state index is 0. The molecular formula is C41H35BBr4ClN4O2-. The van der Waals surface area contributed by atoms with Crippen molar-refractivity contribution in [3.63, 3.8) is 0 Å². The van der Waals surface area contributed by atoms with E-state index in [1.807, 2.05) is 60.7 Å². The van der Waals surface area contributed by atoms with Gasteiger partial charge in [-0.05, 0) is 97.1 Å². The first-order chi connectivity index (χ1) is 25.1. The van der Waals surface area contributed by atoms with Crippen molar-refractivity contribution in [2.24, 2.45) is 0 Å². The van der Waals surface area contributed by atoms with Crippen molar-refractivity contribution in [2.75, 3.05) is 17.9 Å². The number of nitrogens with zero attached hydrogens (tertiary/aromatic N) is 2. The number of para-hydroxylation sites is 4. The Morgan fingerprint density at radius 2 is 0.717 bits per heavy atom. The first-order valence-corrected chi connectivity index (χ1v) is 19.4. The highest BCUT2D eigenvalue weighted by molar-refractivity contribution is 9.11. The number of alkyl halides is 1. The molecule has 270 valence electrons. The zero-order chi connectivity index (χ0) is 37.6. The van der Waals surface area contributed by atoms with Crippen molar-refractivity contribution in [1.29, 1.82) is 0 Å². The normalized spacial score (nSPS) is 9.85. The number of anilines is 2. The van der Waals surface area contributed by atoms with Crippen LogP contribution in [-0.4, -0.2) is 36.3 Å². The summed E-state index contributed by atoms with van der Waals surface area (Å²) >= 11 is 18.2. The van der Waals surface area contributed by atoms with Crippen LogP contribution in [0.5, 0.6) is 0 Å². The molecule has 0 aliphatic carbocycles. The molecule has 0 unspecified atom stereocenters. The zero-order valence-corrected chi connectivity index (χ0v) is 34.7. The SMILES string of the molecule is Brc1ccc(-c2nc3ccccc3nc2-c2ccc(Br)cc2)cc1.CCl.Nc1ccccc1N.O=C(C(=O)c1ccc(Br)cc1)c1ccc(Br)cc1.[BH4-]. The Balaban J connectivity index is 0.000000230. The van der Waals surface area contributed by atoms with E-state index in [2.05, 4.69) is 99.6 Å². The maximum Gasteiger partial charge on any atom is 0.233 e. The molecule has 1 aromatic heterocycles. The van der Waals surface area contributed by atoms with Crippen molar-refractivity contribution >= 4 is 118 Å². The van der Waals surface area contributed by atoms with Crippen LogP contribution in [0.25, 0.3) is 33.5 Å². The Kier molecular flexibility index (Phi) is 17.6. The third-order valence-corrected chi connectivity index (χ3v) is 9.34. The average Bonchev–Trinajstić information content (AvgIpc) is 3.17. The summed E-state index contributed by atoms with van der Waals surface area (Å²) in [6.45, 7) is 0. The van der Waals surface area contributed by atoms with Gasteiger partial charge in [-0.15, -0.1) is 11.6 Å². The number of Topliss-reactive ketones (excluding diaryl/α,β-unsaturated/α-hetero) is 2. The van der Waals surface area contributed by atoms with E-state index in [1.54, 1.807) is 60.7 Å². The van der Waals surface area contributed by atoms with Crippen LogP contribution in [0.4, 0.5) is 11.4 Å². The van der Waals surface area contributed by atoms with Gasteiger partial charge in [-0.1, -0.05) is 121 Å². The number of carbonyl (C=O) groups excluding carboxylic acids is 2. The van der Waals surface area contributed by atoms with Gasteiger partial charge in [0.05, 0.1) is 33.8 Å². The molecule has 0 amide bonds. The second-order valence-corrected chi connectivity index (χ2v) is 14.4. The number of hydrogen-bond acceptors (Lipinski definition) is 6. The molecule has 0 saturated heterocycles. The quantitative estimate of drug-likeness (QED) is 0.0584. The maximum absolute atomic E-state index is 12.0. The number of nitrogen functional groups attached to an aromatic ring is 2. The lowest BCUT2D eigenvalue weighted by Crippen LogP contribution is -2.14. The number of carbonyl (C=O) groups is 2. The maximum atomic E-state index is 12.0. The molecular weight excluding hydrogens is 946 g/mol. The van der Waals surface area contributed by atoms with E-state index < -0.39 is 11.6 Å². The van der Waals surface area contributed by atoms with Gasteiger partial charge < -0.3 is 11.5 Å². The summed E-state index contributed by atoms with van der Waals surface area (Å²) in [4.78, 5) is 33.7. The molecule has 12 heteroatoms. The lowest BCUT2D eigenvalue weighted by Gasteiger charge is -2.11. The van der Waals surface area contributed by atoms with Gasteiger partial charge >= 0.3 is 0 Å². The molecule has 0 saturated carbocycles. The van der Waals surface area contributed by atoms with Crippen LogP contribution in [-0.2, 0) is 0 Å². The van der Waals surface area contributed by atoms with Gasteiger partial charge in [0.15, 0.2) is 0 Å². The van der Waals surface area contributed by atoms with Gasteiger partial charge in [-0.3, -0.25) is 9.59 Å². The highest BCUT2D eigenvalue weighted by atomic mass is 79.9. The summed E-state index contributed by atoms with van der Waals surface area (Å²) in [7, 11) is 0. The minimum Gasteiger partial charge on any atom is -0.397 e. The molecule has 0 radical (unpaired) electrons. The summed E-state index contributed by atoms with van der Waals surface area (Å²) in [5.74, 6) is -0.991. The number of benzene rings is 6.